The summed E-state index contributed by atoms with van der Waals surface area (Å²) in [5.74, 6) is -0.204. The second-order valence-electron chi connectivity index (χ2n) is 4.68. The lowest BCUT2D eigenvalue weighted by atomic mass is 10.1. The number of halogens is 1. The van der Waals surface area contributed by atoms with Gasteiger partial charge in [0, 0.05) is 10.9 Å². The van der Waals surface area contributed by atoms with Crippen LogP contribution in [0.4, 0.5) is 0 Å². The Bertz CT molecular complexity index is 924. The Kier molecular flexibility index (Phi) is 3.90. The normalized spacial score (nSPS) is 11.1. The van der Waals surface area contributed by atoms with Crippen molar-refractivity contribution in [2.45, 2.75) is 0 Å². The molecule has 3 rings (SSSR count). The number of fused-ring (bicyclic) bond motifs is 1. The molecule has 0 aliphatic carbocycles. The van der Waals surface area contributed by atoms with Crippen LogP contribution in [-0.4, -0.2) is 5.78 Å². The molecule has 0 N–H and O–H groups in total. The van der Waals surface area contributed by atoms with Crippen molar-refractivity contribution in [3.63, 3.8) is 0 Å². The second-order valence-corrected chi connectivity index (χ2v) is 5.05. The summed E-state index contributed by atoms with van der Waals surface area (Å²) >= 11 is 6.25. The molecule has 0 unspecified atom stereocenters. The number of rotatable bonds is 3. The molecule has 4 heteroatoms. The molecule has 3 aromatic rings. The van der Waals surface area contributed by atoms with Crippen molar-refractivity contribution >= 4 is 34.4 Å². The standard InChI is InChI=1S/C18H11ClO3/c19-17-13-8-4-5-9-16(13)22-18(21)14(17)10-11-15(20)12-6-2-1-3-7-12/h1-11H/b11-10+. The van der Waals surface area contributed by atoms with Crippen molar-refractivity contribution in [2.24, 2.45) is 0 Å². The molecule has 0 aliphatic rings. The van der Waals surface area contributed by atoms with Crippen molar-refractivity contribution in [1.82, 2.24) is 0 Å². The Labute approximate surface area is 131 Å². The predicted molar refractivity (Wildman–Crippen MR) is 87.3 cm³/mol. The first kappa shape index (κ1) is 14.3. The molecular weight excluding hydrogens is 300 g/mol. The third-order valence-corrected chi connectivity index (χ3v) is 3.65. The molecule has 0 saturated heterocycles. The van der Waals surface area contributed by atoms with Crippen LogP contribution < -0.4 is 5.63 Å². The molecule has 0 fully saturated rings. The quantitative estimate of drug-likeness (QED) is 0.410. The minimum absolute atomic E-state index is 0.171. The number of allylic oxidation sites excluding steroid dienone is 1. The van der Waals surface area contributed by atoms with E-state index < -0.39 is 5.63 Å². The van der Waals surface area contributed by atoms with E-state index in [1.54, 1.807) is 48.5 Å². The minimum atomic E-state index is -0.569. The van der Waals surface area contributed by atoms with E-state index in [4.69, 9.17) is 16.0 Å². The van der Waals surface area contributed by atoms with Gasteiger partial charge in [0.2, 0.25) is 0 Å². The summed E-state index contributed by atoms with van der Waals surface area (Å²) in [7, 11) is 0. The highest BCUT2D eigenvalue weighted by molar-refractivity contribution is 6.36. The van der Waals surface area contributed by atoms with Crippen LogP contribution in [-0.2, 0) is 0 Å². The number of para-hydroxylation sites is 1. The van der Waals surface area contributed by atoms with E-state index in [-0.39, 0.29) is 16.4 Å². The van der Waals surface area contributed by atoms with Gasteiger partial charge in [-0.2, -0.15) is 0 Å². The largest absolute Gasteiger partial charge is 0.422 e. The third-order valence-electron chi connectivity index (χ3n) is 3.24. The zero-order valence-corrected chi connectivity index (χ0v) is 12.2. The Morgan fingerprint density at radius 1 is 1.00 bits per heavy atom. The fourth-order valence-electron chi connectivity index (χ4n) is 2.13. The van der Waals surface area contributed by atoms with E-state index in [9.17, 15) is 9.59 Å². The summed E-state index contributed by atoms with van der Waals surface area (Å²) in [4.78, 5) is 24.0. The van der Waals surface area contributed by atoms with Gasteiger partial charge in [0.05, 0.1) is 10.6 Å². The molecule has 108 valence electrons. The molecule has 0 bridgehead atoms. The fourth-order valence-corrected chi connectivity index (χ4v) is 2.42. The molecule has 1 heterocycles. The second kappa shape index (κ2) is 6.00. The van der Waals surface area contributed by atoms with Crippen molar-refractivity contribution in [1.29, 1.82) is 0 Å². The molecule has 2 aromatic carbocycles. The molecule has 0 spiro atoms. The van der Waals surface area contributed by atoms with Gasteiger partial charge in [0.25, 0.3) is 0 Å². The summed E-state index contributed by atoms with van der Waals surface area (Å²) in [6.45, 7) is 0. The van der Waals surface area contributed by atoms with Gasteiger partial charge < -0.3 is 4.42 Å². The topological polar surface area (TPSA) is 47.3 Å². The summed E-state index contributed by atoms with van der Waals surface area (Å²) in [5.41, 5.74) is 0.564. The van der Waals surface area contributed by atoms with Crippen LogP contribution in [0, 0.1) is 0 Å². The van der Waals surface area contributed by atoms with Crippen LogP contribution in [0.3, 0.4) is 0 Å². The maximum atomic E-state index is 12.0. The van der Waals surface area contributed by atoms with Gasteiger partial charge in [-0.15, -0.1) is 0 Å². The van der Waals surface area contributed by atoms with E-state index in [0.717, 1.165) is 0 Å². The number of ketones is 1. The Balaban J connectivity index is 2.02. The summed E-state index contributed by atoms with van der Waals surface area (Å²) in [5, 5.41) is 0.916. The smallest absolute Gasteiger partial charge is 0.345 e. The molecule has 22 heavy (non-hydrogen) atoms. The Morgan fingerprint density at radius 2 is 1.68 bits per heavy atom. The van der Waals surface area contributed by atoms with E-state index in [0.29, 0.717) is 16.5 Å². The maximum absolute atomic E-state index is 12.0. The van der Waals surface area contributed by atoms with E-state index >= 15 is 0 Å². The number of carbonyl (C=O) groups excluding carboxylic acids is 1. The lowest BCUT2D eigenvalue weighted by molar-refractivity contribution is 0.104. The van der Waals surface area contributed by atoms with E-state index in [2.05, 4.69) is 0 Å². The molecule has 0 saturated carbocycles. The number of benzene rings is 2. The van der Waals surface area contributed by atoms with Gasteiger partial charge in [-0.3, -0.25) is 4.79 Å². The van der Waals surface area contributed by atoms with Crippen LogP contribution >= 0.6 is 11.6 Å². The summed E-state index contributed by atoms with van der Waals surface area (Å²) in [6.07, 6.45) is 2.72. The molecule has 1 aromatic heterocycles. The average Bonchev–Trinajstić information content (AvgIpc) is 2.55. The monoisotopic (exact) mass is 310 g/mol. The zero-order valence-electron chi connectivity index (χ0n) is 11.5. The first-order chi connectivity index (χ1) is 10.7. The van der Waals surface area contributed by atoms with Crippen molar-refractivity contribution in [2.75, 3.05) is 0 Å². The van der Waals surface area contributed by atoms with Gasteiger partial charge in [0.1, 0.15) is 5.58 Å². The lowest BCUT2D eigenvalue weighted by Crippen LogP contribution is -2.04. The molecule has 0 atom stereocenters. The predicted octanol–water partition coefficient (Wildman–Crippen LogP) is 4.34. The Hall–Kier alpha value is -2.65. The number of carbonyl (C=O) groups is 1. The molecule has 3 nitrogen and oxygen atoms in total. The molecule has 0 aliphatic heterocycles. The SMILES string of the molecule is O=C(/C=C/c1c(Cl)c2ccccc2oc1=O)c1ccccc1. The van der Waals surface area contributed by atoms with Crippen LogP contribution in [0.5, 0.6) is 0 Å². The third kappa shape index (κ3) is 2.71. The van der Waals surface area contributed by atoms with Crippen LogP contribution in [0.2, 0.25) is 5.02 Å². The summed E-state index contributed by atoms with van der Waals surface area (Å²) < 4.78 is 5.21. The van der Waals surface area contributed by atoms with Gasteiger partial charge >= 0.3 is 5.63 Å². The van der Waals surface area contributed by atoms with Crippen LogP contribution in [0.15, 0.2) is 69.9 Å². The van der Waals surface area contributed by atoms with E-state index in [1.165, 1.54) is 12.2 Å². The highest BCUT2D eigenvalue weighted by Crippen LogP contribution is 2.25. The number of hydrogen-bond acceptors (Lipinski definition) is 3. The van der Waals surface area contributed by atoms with Crippen LogP contribution in [0.25, 0.3) is 17.0 Å². The van der Waals surface area contributed by atoms with Gasteiger partial charge in [-0.05, 0) is 24.3 Å². The molecule has 0 amide bonds. The number of hydrogen-bond donors (Lipinski definition) is 0. The molecular formula is C18H11ClO3. The minimum Gasteiger partial charge on any atom is -0.422 e. The van der Waals surface area contributed by atoms with Crippen LogP contribution in [0.1, 0.15) is 15.9 Å². The maximum Gasteiger partial charge on any atom is 0.345 e. The highest BCUT2D eigenvalue weighted by atomic mass is 35.5. The van der Waals surface area contributed by atoms with Crippen molar-refractivity contribution in [3.05, 3.63) is 87.2 Å². The van der Waals surface area contributed by atoms with Gasteiger partial charge in [-0.1, -0.05) is 54.1 Å². The van der Waals surface area contributed by atoms with E-state index in [1.807, 2.05) is 6.07 Å². The first-order valence-electron chi connectivity index (χ1n) is 6.65. The summed E-state index contributed by atoms with van der Waals surface area (Å²) in [6, 6.07) is 15.8. The first-order valence-corrected chi connectivity index (χ1v) is 7.03. The lowest BCUT2D eigenvalue weighted by Gasteiger charge is -2.02. The zero-order chi connectivity index (χ0) is 15.5. The fraction of sp³-hybridized carbons (Fsp3) is 0. The molecule has 0 radical (unpaired) electrons. The Morgan fingerprint density at radius 3 is 2.45 bits per heavy atom. The highest BCUT2D eigenvalue weighted by Gasteiger charge is 2.10. The van der Waals surface area contributed by atoms with Crippen molar-refractivity contribution in [3.8, 4) is 0 Å². The van der Waals surface area contributed by atoms with Gasteiger partial charge in [-0.25, -0.2) is 4.79 Å². The average molecular weight is 311 g/mol. The van der Waals surface area contributed by atoms with Gasteiger partial charge in [0.15, 0.2) is 5.78 Å². The van der Waals surface area contributed by atoms with Crippen molar-refractivity contribution < 1.29 is 9.21 Å².